The molecule has 0 spiro atoms. The number of aromatic nitrogens is 4. The van der Waals surface area contributed by atoms with Crippen LogP contribution in [0.25, 0.3) is 11.2 Å². The van der Waals surface area contributed by atoms with E-state index in [-0.39, 0.29) is 6.61 Å². The molecule has 9 nitrogen and oxygen atoms in total. The number of aryl methyl sites for hydroxylation is 2. The Morgan fingerprint density at radius 3 is 2.63 bits per heavy atom. The fourth-order valence-electron chi connectivity index (χ4n) is 3.32. The molecule has 0 saturated carbocycles. The summed E-state index contributed by atoms with van der Waals surface area (Å²) in [5.74, 6) is -0.0587. The zero-order valence-electron chi connectivity index (χ0n) is 17.8. The number of fused-ring (bicyclic) bond motifs is 1. The molecule has 30 heavy (non-hydrogen) atoms. The zero-order valence-corrected chi connectivity index (χ0v) is 17.8. The Kier molecular flexibility index (Phi) is 6.39. The second-order valence-electron chi connectivity index (χ2n) is 7.23. The lowest BCUT2D eigenvalue weighted by Gasteiger charge is -2.13. The monoisotopic (exact) mass is 413 g/mol. The van der Waals surface area contributed by atoms with Crippen molar-refractivity contribution < 1.29 is 9.53 Å². The average molecular weight is 413 g/mol. The second kappa shape index (κ2) is 8.98. The van der Waals surface area contributed by atoms with Crippen molar-refractivity contribution in [1.82, 2.24) is 19.1 Å². The van der Waals surface area contributed by atoms with Crippen molar-refractivity contribution in [3.05, 3.63) is 56.5 Å². The molecule has 0 amide bonds. The van der Waals surface area contributed by atoms with Gasteiger partial charge >= 0.3 is 11.7 Å². The quantitative estimate of drug-likeness (QED) is 0.568. The van der Waals surface area contributed by atoms with Gasteiger partial charge in [-0.1, -0.05) is 19.4 Å². The summed E-state index contributed by atoms with van der Waals surface area (Å²) in [7, 11) is 3.79. The van der Waals surface area contributed by atoms with Crippen LogP contribution >= 0.6 is 0 Å². The number of imidazole rings is 1. The predicted octanol–water partition coefficient (Wildman–Crippen LogP) is 2.13. The zero-order chi connectivity index (χ0) is 21.8. The Balaban J connectivity index is 1.93. The highest BCUT2D eigenvalue weighted by molar-refractivity contribution is 5.90. The number of ether oxygens (including phenoxy) is 1. The van der Waals surface area contributed by atoms with Gasteiger partial charge in [0.25, 0.3) is 5.56 Å². The van der Waals surface area contributed by atoms with Gasteiger partial charge in [0.05, 0.1) is 5.56 Å². The number of anilines is 1. The summed E-state index contributed by atoms with van der Waals surface area (Å²) in [6.45, 7) is 4.70. The maximum Gasteiger partial charge on any atom is 0.338 e. The summed E-state index contributed by atoms with van der Waals surface area (Å²) in [5.41, 5.74) is 0.974. The number of aromatic amines is 1. The Morgan fingerprint density at radius 2 is 1.97 bits per heavy atom. The van der Waals surface area contributed by atoms with Crippen molar-refractivity contribution in [3.8, 4) is 0 Å². The predicted molar refractivity (Wildman–Crippen MR) is 115 cm³/mol. The van der Waals surface area contributed by atoms with E-state index in [4.69, 9.17) is 4.74 Å². The number of esters is 1. The van der Waals surface area contributed by atoms with Gasteiger partial charge in [0.2, 0.25) is 0 Å². The molecule has 3 rings (SSSR count). The molecule has 1 aromatic carbocycles. The molecule has 0 aliphatic rings. The van der Waals surface area contributed by atoms with Gasteiger partial charge < -0.3 is 14.2 Å². The molecule has 3 aromatic rings. The molecule has 0 bridgehead atoms. The number of carbonyl (C=O) groups is 1. The number of hydrogen-bond acceptors (Lipinski definition) is 6. The molecule has 0 fully saturated rings. The Morgan fingerprint density at radius 1 is 1.20 bits per heavy atom. The maximum atomic E-state index is 12.5. The largest absolute Gasteiger partial charge is 0.454 e. The molecule has 0 radical (unpaired) electrons. The van der Waals surface area contributed by atoms with E-state index in [1.54, 1.807) is 22.8 Å². The Labute approximate surface area is 173 Å². The van der Waals surface area contributed by atoms with Gasteiger partial charge in [-0.05, 0) is 31.5 Å². The van der Waals surface area contributed by atoms with Gasteiger partial charge in [-0.3, -0.25) is 14.3 Å². The molecule has 0 aliphatic heterocycles. The number of nitrogens with one attached hydrogen (secondary N) is 1. The fourth-order valence-corrected chi connectivity index (χ4v) is 3.32. The van der Waals surface area contributed by atoms with Crippen LogP contribution in [0.2, 0.25) is 0 Å². The summed E-state index contributed by atoms with van der Waals surface area (Å²) in [5, 5.41) is 0. The van der Waals surface area contributed by atoms with E-state index >= 15 is 0 Å². The van der Waals surface area contributed by atoms with Gasteiger partial charge in [0, 0.05) is 32.9 Å². The van der Waals surface area contributed by atoms with Gasteiger partial charge in [0.1, 0.15) is 12.4 Å². The first-order chi connectivity index (χ1) is 14.4. The first-order valence-corrected chi connectivity index (χ1v) is 10.0. The van der Waals surface area contributed by atoms with Crippen LogP contribution in [0.1, 0.15) is 42.9 Å². The minimum Gasteiger partial charge on any atom is -0.454 e. The van der Waals surface area contributed by atoms with Crippen molar-refractivity contribution >= 4 is 22.8 Å². The third kappa shape index (κ3) is 4.14. The summed E-state index contributed by atoms with van der Waals surface area (Å²) < 4.78 is 8.62. The highest BCUT2D eigenvalue weighted by atomic mass is 16.5. The van der Waals surface area contributed by atoms with Crippen LogP contribution in [-0.2, 0) is 24.4 Å². The third-order valence-corrected chi connectivity index (χ3v) is 4.95. The highest BCUT2D eigenvalue weighted by Gasteiger charge is 2.19. The van der Waals surface area contributed by atoms with Crippen molar-refractivity contribution in [1.29, 1.82) is 0 Å². The van der Waals surface area contributed by atoms with Gasteiger partial charge in [-0.2, -0.15) is 0 Å². The summed E-state index contributed by atoms with van der Waals surface area (Å²) in [6.07, 6.45) is 1.69. The number of rotatable bonds is 8. The smallest absolute Gasteiger partial charge is 0.338 e. The summed E-state index contributed by atoms with van der Waals surface area (Å²) in [4.78, 5) is 46.0. The topological polar surface area (TPSA) is 102 Å². The van der Waals surface area contributed by atoms with Crippen molar-refractivity contribution in [2.75, 3.05) is 19.0 Å². The van der Waals surface area contributed by atoms with E-state index in [1.807, 2.05) is 38.9 Å². The molecule has 0 saturated heterocycles. The SMILES string of the molecule is CCCCn1c(=O)[nH]c(=O)c2c1nc(COC(=O)c1cccc(N(C)C)c1)n2CC. The Hall–Kier alpha value is -3.36. The van der Waals surface area contributed by atoms with E-state index in [9.17, 15) is 14.4 Å². The minimum atomic E-state index is -0.492. The van der Waals surface area contributed by atoms with Crippen LogP contribution in [0.5, 0.6) is 0 Å². The second-order valence-corrected chi connectivity index (χ2v) is 7.23. The molecule has 1 N–H and O–H groups in total. The lowest BCUT2D eigenvalue weighted by molar-refractivity contribution is 0.0458. The first kappa shape index (κ1) is 21.4. The van der Waals surface area contributed by atoms with E-state index in [0.29, 0.717) is 35.6 Å². The van der Waals surface area contributed by atoms with Crippen LogP contribution in [0.3, 0.4) is 0 Å². The third-order valence-electron chi connectivity index (χ3n) is 4.95. The number of unbranched alkanes of at least 4 members (excludes halogenated alkanes) is 1. The molecular weight excluding hydrogens is 386 g/mol. The lowest BCUT2D eigenvalue weighted by Crippen LogP contribution is -2.31. The number of carbonyl (C=O) groups excluding carboxylic acids is 1. The van der Waals surface area contributed by atoms with E-state index in [1.165, 1.54) is 4.57 Å². The normalized spacial score (nSPS) is 11.1. The number of hydrogen-bond donors (Lipinski definition) is 1. The molecule has 2 aromatic heterocycles. The molecule has 0 unspecified atom stereocenters. The van der Waals surface area contributed by atoms with Crippen LogP contribution in [0.15, 0.2) is 33.9 Å². The lowest BCUT2D eigenvalue weighted by atomic mass is 10.2. The molecule has 9 heteroatoms. The molecular formula is C21H27N5O4. The minimum absolute atomic E-state index is 0.102. The summed E-state index contributed by atoms with van der Waals surface area (Å²) in [6, 6.07) is 7.12. The van der Waals surface area contributed by atoms with E-state index in [2.05, 4.69) is 9.97 Å². The molecule has 0 atom stereocenters. The van der Waals surface area contributed by atoms with E-state index in [0.717, 1.165) is 18.5 Å². The van der Waals surface area contributed by atoms with Crippen LogP contribution in [0.4, 0.5) is 5.69 Å². The average Bonchev–Trinajstić information content (AvgIpc) is 3.10. The molecule has 160 valence electrons. The van der Waals surface area contributed by atoms with Crippen LogP contribution in [0, 0.1) is 0 Å². The van der Waals surface area contributed by atoms with Crippen molar-refractivity contribution in [2.24, 2.45) is 0 Å². The van der Waals surface area contributed by atoms with Gasteiger partial charge in [-0.15, -0.1) is 0 Å². The standard InChI is InChI=1S/C21H27N5O4/c1-5-7-11-26-18-17(19(27)23-21(26)29)25(6-2)16(22-18)13-30-20(28)14-9-8-10-15(12-14)24(3)4/h8-10,12H,5-7,11,13H2,1-4H3,(H,23,27,29). The van der Waals surface area contributed by atoms with E-state index < -0.39 is 17.2 Å². The van der Waals surface area contributed by atoms with Crippen molar-refractivity contribution in [3.63, 3.8) is 0 Å². The molecule has 2 heterocycles. The number of nitrogens with zero attached hydrogens (tertiary/aromatic N) is 4. The fraction of sp³-hybridized carbons (Fsp3) is 0.429. The molecule has 0 aliphatic carbocycles. The van der Waals surface area contributed by atoms with Gasteiger partial charge in [-0.25, -0.2) is 14.6 Å². The number of H-pyrrole nitrogens is 1. The highest BCUT2D eigenvalue weighted by Crippen LogP contribution is 2.16. The first-order valence-electron chi connectivity index (χ1n) is 10.0. The summed E-state index contributed by atoms with van der Waals surface area (Å²) >= 11 is 0. The van der Waals surface area contributed by atoms with Crippen LogP contribution < -0.4 is 16.1 Å². The maximum absolute atomic E-state index is 12.5. The van der Waals surface area contributed by atoms with Crippen LogP contribution in [-0.4, -0.2) is 39.2 Å². The Bertz CT molecular complexity index is 1170. The van der Waals surface area contributed by atoms with Crippen molar-refractivity contribution in [2.45, 2.75) is 46.4 Å². The van der Waals surface area contributed by atoms with Gasteiger partial charge in [0.15, 0.2) is 11.2 Å². The number of benzene rings is 1.